The average molecular weight is 670 g/mol. The maximum absolute atomic E-state index is 15.1. The van der Waals surface area contributed by atoms with Gasteiger partial charge >= 0.3 is 0 Å². The lowest BCUT2D eigenvalue weighted by Gasteiger charge is -2.42. The third kappa shape index (κ3) is 6.12. The zero-order chi connectivity index (χ0) is 34.1. The Balaban J connectivity index is 1.24. The number of hydrogen-bond acceptors (Lipinski definition) is 4. The Hall–Kier alpha value is -2.55. The molecule has 6 rings (SSSR count). The van der Waals surface area contributed by atoms with Gasteiger partial charge in [-0.2, -0.15) is 0 Å². The van der Waals surface area contributed by atoms with E-state index in [2.05, 4.69) is 51.7 Å². The van der Waals surface area contributed by atoms with Gasteiger partial charge in [0, 0.05) is 68.9 Å². The van der Waals surface area contributed by atoms with Crippen LogP contribution < -0.4 is 0 Å². The van der Waals surface area contributed by atoms with Crippen molar-refractivity contribution in [2.45, 2.75) is 96.1 Å². The Morgan fingerprint density at radius 2 is 1.64 bits per heavy atom. The van der Waals surface area contributed by atoms with Gasteiger partial charge in [-0.25, -0.2) is 8.78 Å². The summed E-state index contributed by atoms with van der Waals surface area (Å²) in [5.41, 5.74) is 2.82. The van der Waals surface area contributed by atoms with Crippen LogP contribution in [0.25, 0.3) is 0 Å². The van der Waals surface area contributed by atoms with Crippen molar-refractivity contribution >= 4 is 23.4 Å². The monoisotopic (exact) mass is 669 g/mol. The van der Waals surface area contributed by atoms with Crippen molar-refractivity contribution in [2.75, 3.05) is 46.4 Å². The smallest absolute Gasteiger partial charge is 0.228 e. The fourth-order valence-corrected chi connectivity index (χ4v) is 9.11. The molecule has 2 amide bonds. The summed E-state index contributed by atoms with van der Waals surface area (Å²) >= 11 is 6.75. The molecule has 0 aromatic heterocycles. The zero-order valence-electron chi connectivity index (χ0n) is 29.0. The molecule has 47 heavy (non-hydrogen) atoms. The second-order valence-electron chi connectivity index (χ2n) is 16.1. The number of halogens is 3. The van der Waals surface area contributed by atoms with Crippen LogP contribution in [0.2, 0.25) is 5.02 Å². The molecule has 2 aromatic rings. The van der Waals surface area contributed by atoms with Crippen molar-refractivity contribution in [3.8, 4) is 0 Å². The predicted octanol–water partition coefficient (Wildman–Crippen LogP) is 7.06. The summed E-state index contributed by atoms with van der Waals surface area (Å²) < 4.78 is 34.5. The highest BCUT2D eigenvalue weighted by atomic mass is 35.5. The van der Waals surface area contributed by atoms with E-state index in [4.69, 9.17) is 16.3 Å². The standard InChI is InChI=1S/C38H50ClF2N3O3/c1-23-16-27-30(18-32(23)39)38(19-31(27)37(5,6)35(46)43-13-10-25(20-43)47-7)11-14-42(15-12-38)34(45)29-22-44(36(2,3)4)21-28(29)26-9-8-24(40)17-33(26)41/h8-9,16-18,25,28-29,31H,10-15,19-22H2,1-7H3/t25-,28+,29-,31+/m1/s1. The number of rotatable bonds is 5. The zero-order valence-corrected chi connectivity index (χ0v) is 29.7. The SMILES string of the molecule is CO[C@@H]1CCN(C(=O)C(C)(C)[C@H]2CC3(CCN(C(=O)[C@@H]4CN(C(C)(C)C)C[C@H]4c4ccc(F)cc4F)CC3)c3cc(Cl)c(C)cc32)C1. The van der Waals surface area contributed by atoms with Crippen LogP contribution in [-0.2, 0) is 19.7 Å². The molecule has 3 fully saturated rings. The quantitative estimate of drug-likeness (QED) is 0.342. The maximum Gasteiger partial charge on any atom is 0.228 e. The number of piperidine rings is 1. The number of methoxy groups -OCH3 is 1. The minimum atomic E-state index is -0.624. The molecule has 2 aromatic carbocycles. The summed E-state index contributed by atoms with van der Waals surface area (Å²) in [5.74, 6) is -1.76. The van der Waals surface area contributed by atoms with Gasteiger partial charge in [0.15, 0.2) is 0 Å². The molecule has 0 bridgehead atoms. The molecule has 0 saturated carbocycles. The topological polar surface area (TPSA) is 53.1 Å². The van der Waals surface area contributed by atoms with E-state index in [0.29, 0.717) is 44.8 Å². The number of amides is 2. The van der Waals surface area contributed by atoms with Gasteiger partial charge in [0.25, 0.3) is 0 Å². The lowest BCUT2D eigenvalue weighted by molar-refractivity contribution is -0.141. The van der Waals surface area contributed by atoms with Crippen molar-refractivity contribution < 1.29 is 23.1 Å². The van der Waals surface area contributed by atoms with E-state index in [-0.39, 0.29) is 40.7 Å². The first-order valence-electron chi connectivity index (χ1n) is 17.2. The van der Waals surface area contributed by atoms with Crippen LogP contribution in [0.5, 0.6) is 0 Å². The molecular weight excluding hydrogens is 620 g/mol. The van der Waals surface area contributed by atoms with E-state index in [0.717, 1.165) is 42.3 Å². The molecule has 1 aliphatic carbocycles. The molecule has 4 atom stereocenters. The van der Waals surface area contributed by atoms with Crippen LogP contribution in [-0.4, -0.2) is 84.5 Å². The summed E-state index contributed by atoms with van der Waals surface area (Å²) in [6, 6.07) is 8.03. The van der Waals surface area contributed by atoms with Crippen molar-refractivity contribution in [2.24, 2.45) is 11.3 Å². The molecule has 9 heteroatoms. The summed E-state index contributed by atoms with van der Waals surface area (Å²) in [6.07, 6.45) is 3.30. The predicted molar refractivity (Wildman–Crippen MR) is 181 cm³/mol. The first-order valence-corrected chi connectivity index (χ1v) is 17.5. The lowest BCUT2D eigenvalue weighted by atomic mass is 9.69. The second kappa shape index (κ2) is 12.4. The van der Waals surface area contributed by atoms with Crippen molar-refractivity contribution in [1.82, 2.24) is 14.7 Å². The number of carbonyl (C=O) groups excluding carboxylic acids is 2. The van der Waals surface area contributed by atoms with Gasteiger partial charge in [0.1, 0.15) is 11.6 Å². The van der Waals surface area contributed by atoms with Gasteiger partial charge in [-0.3, -0.25) is 14.5 Å². The van der Waals surface area contributed by atoms with Crippen LogP contribution in [0.1, 0.15) is 94.4 Å². The number of aryl methyl sites for hydroxylation is 1. The number of benzene rings is 2. The van der Waals surface area contributed by atoms with E-state index in [1.165, 1.54) is 23.3 Å². The lowest BCUT2D eigenvalue weighted by Crippen LogP contribution is -2.48. The van der Waals surface area contributed by atoms with Crippen molar-refractivity contribution in [1.29, 1.82) is 0 Å². The van der Waals surface area contributed by atoms with Crippen LogP contribution in [0.3, 0.4) is 0 Å². The highest BCUT2D eigenvalue weighted by Crippen LogP contribution is 2.58. The summed E-state index contributed by atoms with van der Waals surface area (Å²) in [6.45, 7) is 16.1. The molecular formula is C38H50ClF2N3O3. The molecule has 0 radical (unpaired) electrons. The largest absolute Gasteiger partial charge is 0.380 e. The highest BCUT2D eigenvalue weighted by Gasteiger charge is 2.54. The number of fused-ring (bicyclic) bond motifs is 2. The molecule has 256 valence electrons. The summed E-state index contributed by atoms with van der Waals surface area (Å²) in [4.78, 5) is 34.5. The molecule has 6 nitrogen and oxygen atoms in total. The minimum absolute atomic E-state index is 0.0193. The number of likely N-dealkylation sites (tertiary alicyclic amines) is 3. The van der Waals surface area contributed by atoms with Crippen molar-refractivity contribution in [3.05, 3.63) is 69.2 Å². The highest BCUT2D eigenvalue weighted by molar-refractivity contribution is 6.31. The molecule has 3 heterocycles. The number of carbonyl (C=O) groups is 2. The van der Waals surface area contributed by atoms with E-state index in [9.17, 15) is 14.0 Å². The number of hydrogen-bond donors (Lipinski definition) is 0. The van der Waals surface area contributed by atoms with Crippen LogP contribution in [0.4, 0.5) is 8.78 Å². The summed E-state index contributed by atoms with van der Waals surface area (Å²) in [5, 5.41) is 0.728. The fraction of sp³-hybridized carbons (Fsp3) is 0.632. The molecule has 3 aliphatic heterocycles. The Morgan fingerprint density at radius 1 is 0.936 bits per heavy atom. The Kier molecular flexibility index (Phi) is 9.06. The normalized spacial score (nSPS) is 26.3. The second-order valence-corrected chi connectivity index (χ2v) is 16.5. The number of ether oxygens (including phenoxy) is 1. The Labute approximate surface area is 283 Å². The van der Waals surface area contributed by atoms with Gasteiger partial charge in [-0.1, -0.05) is 37.6 Å². The fourth-order valence-electron chi connectivity index (χ4n) is 8.95. The first-order chi connectivity index (χ1) is 22.1. The van der Waals surface area contributed by atoms with E-state index < -0.39 is 23.0 Å². The van der Waals surface area contributed by atoms with Gasteiger partial charge < -0.3 is 14.5 Å². The third-order valence-corrected chi connectivity index (χ3v) is 12.4. The Morgan fingerprint density at radius 3 is 2.26 bits per heavy atom. The molecule has 3 saturated heterocycles. The van der Waals surface area contributed by atoms with E-state index >= 15 is 4.39 Å². The molecule has 4 aliphatic rings. The summed E-state index contributed by atoms with van der Waals surface area (Å²) in [7, 11) is 1.71. The maximum atomic E-state index is 15.1. The molecule has 0 N–H and O–H groups in total. The van der Waals surface area contributed by atoms with Crippen molar-refractivity contribution in [3.63, 3.8) is 0 Å². The van der Waals surface area contributed by atoms with Crippen LogP contribution in [0, 0.1) is 29.9 Å². The van der Waals surface area contributed by atoms with E-state index in [1.54, 1.807) is 7.11 Å². The van der Waals surface area contributed by atoms with Crippen LogP contribution in [0.15, 0.2) is 30.3 Å². The van der Waals surface area contributed by atoms with Gasteiger partial charge in [-0.15, -0.1) is 0 Å². The minimum Gasteiger partial charge on any atom is -0.380 e. The van der Waals surface area contributed by atoms with Gasteiger partial charge in [-0.05, 0) is 99.1 Å². The number of nitrogens with zero attached hydrogens (tertiary/aromatic N) is 3. The van der Waals surface area contributed by atoms with Gasteiger partial charge in [0.2, 0.25) is 11.8 Å². The van der Waals surface area contributed by atoms with Gasteiger partial charge in [0.05, 0.1) is 17.4 Å². The Bertz CT molecular complexity index is 1550. The first kappa shape index (κ1) is 34.3. The average Bonchev–Trinajstić information content (AvgIpc) is 3.75. The van der Waals surface area contributed by atoms with E-state index in [1.807, 2.05) is 16.7 Å². The third-order valence-electron chi connectivity index (χ3n) is 12.0. The van der Waals surface area contributed by atoms with Crippen LogP contribution >= 0.6 is 11.6 Å². The molecule has 0 unspecified atom stereocenters. The molecule has 1 spiro atoms.